The first-order chi connectivity index (χ1) is 16.6. The number of halogens is 2. The van der Waals surface area contributed by atoms with Crippen molar-refractivity contribution in [2.75, 3.05) is 19.6 Å². The fourth-order valence-electron chi connectivity index (χ4n) is 3.90. The molecule has 0 radical (unpaired) electrons. The zero-order chi connectivity index (χ0) is 25.7. The molecule has 184 valence electrons. The van der Waals surface area contributed by atoms with Crippen LogP contribution in [-0.2, 0) is 4.79 Å². The SMILES string of the molecule is CC1=NC(=O)N(CCCNCC(=O)c2ccc(Cl)c(Cl)c2)C(c2cccc([N+](=O)[O-])c2)C1C(=O)O. The van der Waals surface area contributed by atoms with Gasteiger partial charge in [-0.3, -0.25) is 19.7 Å². The Morgan fingerprint density at radius 1 is 1.20 bits per heavy atom. The predicted octanol–water partition coefficient (Wildman–Crippen LogP) is 4.40. The first-order valence-corrected chi connectivity index (χ1v) is 11.4. The van der Waals surface area contributed by atoms with Gasteiger partial charge in [0, 0.05) is 30.0 Å². The summed E-state index contributed by atoms with van der Waals surface area (Å²) in [5.74, 6) is -2.54. The summed E-state index contributed by atoms with van der Waals surface area (Å²) in [6.07, 6.45) is 0.382. The number of hydrogen-bond donors (Lipinski definition) is 2. The van der Waals surface area contributed by atoms with E-state index in [0.717, 1.165) is 0 Å². The highest BCUT2D eigenvalue weighted by molar-refractivity contribution is 6.42. The minimum atomic E-state index is -1.19. The summed E-state index contributed by atoms with van der Waals surface area (Å²) in [4.78, 5) is 52.9. The number of carbonyl (C=O) groups is 3. The lowest BCUT2D eigenvalue weighted by molar-refractivity contribution is -0.385. The fourth-order valence-corrected chi connectivity index (χ4v) is 4.20. The Kier molecular flexibility index (Phi) is 8.55. The second-order valence-corrected chi connectivity index (χ2v) is 8.74. The number of carboxylic acids is 1. The maximum Gasteiger partial charge on any atom is 0.344 e. The largest absolute Gasteiger partial charge is 0.481 e. The third-order valence-corrected chi connectivity index (χ3v) is 6.33. The molecule has 1 aliphatic heterocycles. The van der Waals surface area contributed by atoms with E-state index < -0.39 is 28.9 Å². The predicted molar refractivity (Wildman–Crippen MR) is 130 cm³/mol. The zero-order valence-corrected chi connectivity index (χ0v) is 20.1. The van der Waals surface area contributed by atoms with E-state index in [2.05, 4.69) is 10.3 Å². The number of carbonyl (C=O) groups excluding carboxylic acids is 2. The molecule has 2 N–H and O–H groups in total. The van der Waals surface area contributed by atoms with Gasteiger partial charge in [-0.25, -0.2) is 9.79 Å². The second kappa shape index (κ2) is 11.4. The highest BCUT2D eigenvalue weighted by Gasteiger charge is 2.42. The van der Waals surface area contributed by atoms with Crippen molar-refractivity contribution in [3.63, 3.8) is 0 Å². The summed E-state index contributed by atoms with van der Waals surface area (Å²) < 4.78 is 0. The number of aliphatic imine (C=N–C) groups is 1. The second-order valence-electron chi connectivity index (χ2n) is 7.92. The van der Waals surface area contributed by atoms with Gasteiger partial charge in [-0.05, 0) is 43.7 Å². The smallest absolute Gasteiger partial charge is 0.344 e. The number of benzene rings is 2. The Hall–Kier alpha value is -3.34. The van der Waals surface area contributed by atoms with Crippen LogP contribution in [-0.4, -0.2) is 58.1 Å². The number of Topliss-reactive ketones (excluding diaryl/α,β-unsaturated/α-hetero) is 1. The van der Waals surface area contributed by atoms with Crippen LogP contribution < -0.4 is 5.32 Å². The van der Waals surface area contributed by atoms with Crippen LogP contribution in [0.5, 0.6) is 0 Å². The van der Waals surface area contributed by atoms with Gasteiger partial charge in [0.2, 0.25) is 0 Å². The lowest BCUT2D eigenvalue weighted by Gasteiger charge is -2.37. The Bertz CT molecular complexity index is 1200. The Morgan fingerprint density at radius 3 is 2.60 bits per heavy atom. The van der Waals surface area contributed by atoms with Gasteiger partial charge in [0.05, 0.1) is 27.6 Å². The molecule has 0 spiro atoms. The van der Waals surface area contributed by atoms with Crippen LogP contribution in [0.25, 0.3) is 0 Å². The number of amides is 2. The molecular weight excluding hydrogens is 499 g/mol. The molecule has 0 aromatic heterocycles. The third-order valence-electron chi connectivity index (χ3n) is 5.59. The van der Waals surface area contributed by atoms with Crippen molar-refractivity contribution in [2.24, 2.45) is 10.9 Å². The topological polar surface area (TPSA) is 142 Å². The number of nitrogens with one attached hydrogen (secondary N) is 1. The van der Waals surface area contributed by atoms with Crippen LogP contribution in [0.2, 0.25) is 10.0 Å². The Balaban J connectivity index is 1.70. The molecule has 0 bridgehead atoms. The number of rotatable bonds is 10. The number of hydrogen-bond acceptors (Lipinski definition) is 6. The molecule has 0 fully saturated rings. The molecule has 10 nitrogen and oxygen atoms in total. The average Bonchev–Trinajstić information content (AvgIpc) is 2.81. The summed E-state index contributed by atoms with van der Waals surface area (Å²) in [7, 11) is 0. The summed E-state index contributed by atoms with van der Waals surface area (Å²) >= 11 is 11.8. The lowest BCUT2D eigenvalue weighted by Crippen LogP contribution is -2.47. The molecule has 12 heteroatoms. The normalized spacial score (nSPS) is 17.7. The Morgan fingerprint density at radius 2 is 1.94 bits per heavy atom. The fraction of sp³-hybridized carbons (Fsp3) is 0.304. The van der Waals surface area contributed by atoms with Crippen LogP contribution in [0.4, 0.5) is 10.5 Å². The van der Waals surface area contributed by atoms with Crippen molar-refractivity contribution in [3.8, 4) is 0 Å². The molecule has 0 aliphatic carbocycles. The minimum Gasteiger partial charge on any atom is -0.481 e. The van der Waals surface area contributed by atoms with E-state index in [1.165, 1.54) is 42.2 Å². The molecule has 35 heavy (non-hydrogen) atoms. The van der Waals surface area contributed by atoms with Crippen molar-refractivity contribution in [2.45, 2.75) is 19.4 Å². The number of urea groups is 1. The number of ketones is 1. The van der Waals surface area contributed by atoms with Crippen molar-refractivity contribution >= 4 is 52.4 Å². The highest BCUT2D eigenvalue weighted by Crippen LogP contribution is 2.35. The molecule has 2 aromatic rings. The summed E-state index contributed by atoms with van der Waals surface area (Å²) in [5, 5.41) is 24.7. The van der Waals surface area contributed by atoms with E-state index >= 15 is 0 Å². The van der Waals surface area contributed by atoms with Gasteiger partial charge in [0.15, 0.2) is 5.78 Å². The van der Waals surface area contributed by atoms with Crippen molar-refractivity contribution in [1.29, 1.82) is 0 Å². The van der Waals surface area contributed by atoms with Crippen LogP contribution in [0.15, 0.2) is 47.5 Å². The maximum absolute atomic E-state index is 12.7. The third kappa shape index (κ3) is 6.21. The first-order valence-electron chi connectivity index (χ1n) is 10.6. The number of carboxylic acid groups (broad SMARTS) is 1. The number of nitrogens with zero attached hydrogens (tertiary/aromatic N) is 3. The number of nitro groups is 1. The van der Waals surface area contributed by atoms with Crippen molar-refractivity contribution < 1.29 is 24.4 Å². The van der Waals surface area contributed by atoms with E-state index in [1.54, 1.807) is 12.1 Å². The minimum absolute atomic E-state index is 0.0230. The van der Waals surface area contributed by atoms with Crippen LogP contribution >= 0.6 is 23.2 Å². The van der Waals surface area contributed by atoms with Crippen LogP contribution in [0, 0.1) is 16.0 Å². The quantitative estimate of drug-likeness (QED) is 0.204. The molecular formula is C23H22Cl2N4O6. The van der Waals surface area contributed by atoms with Crippen molar-refractivity contribution in [3.05, 3.63) is 73.8 Å². The van der Waals surface area contributed by atoms with Crippen LogP contribution in [0.1, 0.15) is 35.3 Å². The lowest BCUT2D eigenvalue weighted by atomic mass is 9.86. The summed E-state index contributed by atoms with van der Waals surface area (Å²) in [5.41, 5.74) is 0.650. The van der Waals surface area contributed by atoms with E-state index in [4.69, 9.17) is 23.2 Å². The standard InChI is InChI=1S/C23H22Cl2N4O6/c1-13-20(22(31)32)21(15-4-2-5-16(10-15)29(34)35)28(23(33)27-13)9-3-8-26-12-19(30)14-6-7-17(24)18(25)11-14/h2,4-7,10-11,20-21,26H,3,8-9,12H2,1H3,(H,31,32). The Labute approximate surface area is 210 Å². The molecule has 0 saturated carbocycles. The maximum atomic E-state index is 12.7. The molecule has 1 heterocycles. The number of nitro benzene ring substituents is 1. The van der Waals surface area contributed by atoms with Gasteiger partial charge >= 0.3 is 12.0 Å². The highest BCUT2D eigenvalue weighted by atomic mass is 35.5. The molecule has 3 rings (SSSR count). The number of non-ortho nitro benzene ring substituents is 1. The molecule has 2 unspecified atom stereocenters. The van der Waals surface area contributed by atoms with Gasteiger partial charge in [-0.1, -0.05) is 35.3 Å². The molecule has 2 atom stereocenters. The first kappa shape index (κ1) is 26.3. The van der Waals surface area contributed by atoms with E-state index in [0.29, 0.717) is 29.1 Å². The van der Waals surface area contributed by atoms with Gasteiger partial charge in [0.1, 0.15) is 5.92 Å². The molecule has 2 amide bonds. The summed E-state index contributed by atoms with van der Waals surface area (Å²) in [6.45, 7) is 1.95. The van der Waals surface area contributed by atoms with Gasteiger partial charge < -0.3 is 15.3 Å². The van der Waals surface area contributed by atoms with Crippen molar-refractivity contribution in [1.82, 2.24) is 10.2 Å². The van der Waals surface area contributed by atoms with Gasteiger partial charge in [0.25, 0.3) is 5.69 Å². The van der Waals surface area contributed by atoms with Gasteiger partial charge in [-0.2, -0.15) is 0 Å². The van der Waals surface area contributed by atoms with Gasteiger partial charge in [-0.15, -0.1) is 0 Å². The van der Waals surface area contributed by atoms with E-state index in [9.17, 15) is 29.6 Å². The average molecular weight is 521 g/mol. The van der Waals surface area contributed by atoms with E-state index in [1.807, 2.05) is 0 Å². The van der Waals surface area contributed by atoms with Crippen LogP contribution in [0.3, 0.4) is 0 Å². The molecule has 1 aliphatic rings. The monoisotopic (exact) mass is 520 g/mol. The van der Waals surface area contributed by atoms with E-state index in [-0.39, 0.29) is 35.3 Å². The molecule has 0 saturated heterocycles. The molecule has 2 aromatic carbocycles. The summed E-state index contributed by atoms with van der Waals surface area (Å²) in [6, 6.07) is 8.58. The zero-order valence-electron chi connectivity index (χ0n) is 18.6. The number of aliphatic carboxylic acids is 1.